The van der Waals surface area contributed by atoms with Crippen molar-refractivity contribution < 1.29 is 14.3 Å². The fourth-order valence-corrected chi connectivity index (χ4v) is 2.86. The van der Waals surface area contributed by atoms with E-state index in [1.807, 2.05) is 0 Å². The number of rotatable bonds is 6. The van der Waals surface area contributed by atoms with Gasteiger partial charge in [-0.05, 0) is 25.9 Å². The van der Waals surface area contributed by atoms with E-state index >= 15 is 0 Å². The minimum Gasteiger partial charge on any atom is -0.491 e. The Morgan fingerprint density at radius 1 is 1.41 bits per heavy atom. The van der Waals surface area contributed by atoms with Crippen molar-refractivity contribution in [2.24, 2.45) is 0 Å². The number of nitrogens with one attached hydrogen (secondary N) is 1. The van der Waals surface area contributed by atoms with Gasteiger partial charge in [-0.25, -0.2) is 14.8 Å². The molecule has 7 nitrogen and oxygen atoms in total. The van der Waals surface area contributed by atoms with Crippen LogP contribution >= 0.6 is 0 Å². The summed E-state index contributed by atoms with van der Waals surface area (Å²) in [5.74, 6) is 0.322. The van der Waals surface area contributed by atoms with E-state index in [9.17, 15) is 4.79 Å². The second kappa shape index (κ2) is 7.93. The molecule has 1 atom stereocenters. The lowest BCUT2D eigenvalue weighted by Crippen LogP contribution is -2.43. The van der Waals surface area contributed by atoms with Crippen LogP contribution in [-0.4, -0.2) is 60.7 Å². The molecule has 122 valence electrons. The SMILES string of the molecule is CCN1CCCC[C@H]1CNc1ncnc(C(=O)OC)c1OC. The highest BCUT2D eigenvalue weighted by molar-refractivity contribution is 5.91. The topological polar surface area (TPSA) is 76.6 Å². The third-order valence-electron chi connectivity index (χ3n) is 4.05. The molecule has 0 amide bonds. The van der Waals surface area contributed by atoms with Gasteiger partial charge in [0.25, 0.3) is 0 Å². The third-order valence-corrected chi connectivity index (χ3v) is 4.05. The molecule has 0 radical (unpaired) electrons. The van der Waals surface area contributed by atoms with E-state index in [-0.39, 0.29) is 5.69 Å². The van der Waals surface area contributed by atoms with Crippen LogP contribution in [0, 0.1) is 0 Å². The molecule has 1 aromatic rings. The van der Waals surface area contributed by atoms with Gasteiger partial charge in [0.15, 0.2) is 17.3 Å². The van der Waals surface area contributed by atoms with Crippen LogP contribution in [0.2, 0.25) is 0 Å². The van der Waals surface area contributed by atoms with Gasteiger partial charge in [-0.15, -0.1) is 0 Å². The number of aromatic nitrogens is 2. The third kappa shape index (κ3) is 3.65. The summed E-state index contributed by atoms with van der Waals surface area (Å²) in [6.07, 6.45) is 5.01. The van der Waals surface area contributed by atoms with Crippen LogP contribution < -0.4 is 10.1 Å². The molecule has 1 aliphatic rings. The highest BCUT2D eigenvalue weighted by Gasteiger charge is 2.23. The van der Waals surface area contributed by atoms with E-state index in [0.717, 1.165) is 26.1 Å². The van der Waals surface area contributed by atoms with Crippen molar-refractivity contribution in [3.63, 3.8) is 0 Å². The summed E-state index contributed by atoms with van der Waals surface area (Å²) in [6, 6.07) is 0.472. The molecule has 7 heteroatoms. The summed E-state index contributed by atoms with van der Waals surface area (Å²) < 4.78 is 10.0. The van der Waals surface area contributed by atoms with Crippen molar-refractivity contribution in [2.45, 2.75) is 32.2 Å². The number of esters is 1. The first-order valence-corrected chi connectivity index (χ1v) is 7.66. The van der Waals surface area contributed by atoms with Crippen LogP contribution in [0.3, 0.4) is 0 Å². The van der Waals surface area contributed by atoms with Gasteiger partial charge in [0.1, 0.15) is 6.33 Å². The maximum absolute atomic E-state index is 11.7. The van der Waals surface area contributed by atoms with Crippen molar-refractivity contribution >= 4 is 11.8 Å². The molecule has 1 aliphatic heterocycles. The number of likely N-dealkylation sites (tertiary alicyclic amines) is 1. The maximum atomic E-state index is 11.7. The van der Waals surface area contributed by atoms with Gasteiger partial charge in [0.05, 0.1) is 14.2 Å². The number of nitrogens with zero attached hydrogens (tertiary/aromatic N) is 3. The number of hydrogen-bond acceptors (Lipinski definition) is 7. The fraction of sp³-hybridized carbons (Fsp3) is 0.667. The molecule has 0 saturated carbocycles. The summed E-state index contributed by atoms with van der Waals surface area (Å²) in [5, 5.41) is 3.29. The number of methoxy groups -OCH3 is 2. The monoisotopic (exact) mass is 308 g/mol. The molecule has 0 spiro atoms. The van der Waals surface area contributed by atoms with Crippen molar-refractivity contribution in [1.82, 2.24) is 14.9 Å². The van der Waals surface area contributed by atoms with E-state index in [1.54, 1.807) is 0 Å². The minimum atomic E-state index is -0.532. The number of ether oxygens (including phenoxy) is 2. The van der Waals surface area contributed by atoms with Gasteiger partial charge < -0.3 is 14.8 Å². The molecule has 1 aromatic heterocycles. The van der Waals surface area contributed by atoms with Crippen LogP contribution in [-0.2, 0) is 4.74 Å². The largest absolute Gasteiger partial charge is 0.491 e. The van der Waals surface area contributed by atoms with E-state index in [0.29, 0.717) is 17.6 Å². The molecular weight excluding hydrogens is 284 g/mol. The average Bonchev–Trinajstić information content (AvgIpc) is 2.58. The summed E-state index contributed by atoms with van der Waals surface area (Å²) in [6.45, 7) is 5.12. The number of piperidine rings is 1. The van der Waals surface area contributed by atoms with Crippen LogP contribution in [0.25, 0.3) is 0 Å². The molecule has 1 fully saturated rings. The van der Waals surface area contributed by atoms with E-state index < -0.39 is 5.97 Å². The summed E-state index contributed by atoms with van der Waals surface area (Å²) in [7, 11) is 2.81. The van der Waals surface area contributed by atoms with Gasteiger partial charge in [0.2, 0.25) is 0 Å². The lowest BCUT2D eigenvalue weighted by atomic mass is 10.0. The van der Waals surface area contributed by atoms with Crippen LogP contribution in [0.15, 0.2) is 6.33 Å². The lowest BCUT2D eigenvalue weighted by molar-refractivity contribution is 0.0590. The highest BCUT2D eigenvalue weighted by atomic mass is 16.5. The zero-order valence-corrected chi connectivity index (χ0v) is 13.5. The fourth-order valence-electron chi connectivity index (χ4n) is 2.86. The zero-order chi connectivity index (χ0) is 15.9. The molecule has 2 heterocycles. The molecule has 22 heavy (non-hydrogen) atoms. The van der Waals surface area contributed by atoms with E-state index in [4.69, 9.17) is 9.47 Å². The predicted octanol–water partition coefficient (Wildman–Crippen LogP) is 1.56. The standard InChI is InChI=1S/C15H24N4O3/c1-4-19-8-6-5-7-11(19)9-16-14-13(21-2)12(15(20)22-3)17-10-18-14/h10-11H,4-9H2,1-3H3,(H,16,17,18)/t11-/m0/s1. The van der Waals surface area contributed by atoms with E-state index in [1.165, 1.54) is 33.4 Å². The smallest absolute Gasteiger partial charge is 0.360 e. The van der Waals surface area contributed by atoms with Crippen molar-refractivity contribution in [1.29, 1.82) is 0 Å². The second-order valence-electron chi connectivity index (χ2n) is 5.25. The Kier molecular flexibility index (Phi) is 5.94. The average molecular weight is 308 g/mol. The van der Waals surface area contributed by atoms with Crippen molar-refractivity contribution in [2.75, 3.05) is 39.2 Å². The van der Waals surface area contributed by atoms with Gasteiger partial charge in [-0.1, -0.05) is 13.3 Å². The molecule has 2 rings (SSSR count). The first-order chi connectivity index (χ1) is 10.7. The Balaban J connectivity index is 2.10. The minimum absolute atomic E-state index is 0.137. The van der Waals surface area contributed by atoms with Gasteiger partial charge in [-0.2, -0.15) is 0 Å². The first kappa shape index (κ1) is 16.5. The van der Waals surface area contributed by atoms with Gasteiger partial charge in [-0.3, -0.25) is 4.90 Å². The van der Waals surface area contributed by atoms with Gasteiger partial charge >= 0.3 is 5.97 Å². The number of likely N-dealkylation sites (N-methyl/N-ethyl adjacent to an activating group) is 1. The number of anilines is 1. The Labute approximate surface area is 131 Å². The molecule has 0 aliphatic carbocycles. The summed E-state index contributed by atoms with van der Waals surface area (Å²) in [5.41, 5.74) is 0.137. The van der Waals surface area contributed by atoms with Crippen LogP contribution in [0.5, 0.6) is 5.75 Å². The number of carbonyl (C=O) groups excluding carboxylic acids is 1. The summed E-state index contributed by atoms with van der Waals surface area (Å²) in [4.78, 5) is 22.3. The molecule has 0 unspecified atom stereocenters. The normalized spacial score (nSPS) is 18.8. The van der Waals surface area contributed by atoms with Crippen molar-refractivity contribution in [3.05, 3.63) is 12.0 Å². The van der Waals surface area contributed by atoms with E-state index in [2.05, 4.69) is 27.1 Å². The Hall–Kier alpha value is -1.89. The Morgan fingerprint density at radius 2 is 2.23 bits per heavy atom. The second-order valence-corrected chi connectivity index (χ2v) is 5.25. The first-order valence-electron chi connectivity index (χ1n) is 7.66. The molecule has 0 aromatic carbocycles. The molecular formula is C15H24N4O3. The van der Waals surface area contributed by atoms with Gasteiger partial charge in [0, 0.05) is 12.6 Å². The van der Waals surface area contributed by atoms with Crippen molar-refractivity contribution in [3.8, 4) is 5.75 Å². The highest BCUT2D eigenvalue weighted by Crippen LogP contribution is 2.26. The number of hydrogen-bond donors (Lipinski definition) is 1. The van der Waals surface area contributed by atoms with Crippen LogP contribution in [0.4, 0.5) is 5.82 Å². The molecule has 0 bridgehead atoms. The Morgan fingerprint density at radius 3 is 2.91 bits per heavy atom. The lowest BCUT2D eigenvalue weighted by Gasteiger charge is -2.35. The maximum Gasteiger partial charge on any atom is 0.360 e. The quantitative estimate of drug-likeness (QED) is 0.799. The molecule has 1 saturated heterocycles. The predicted molar refractivity (Wildman–Crippen MR) is 83.3 cm³/mol. The van der Waals surface area contributed by atoms with Crippen LogP contribution in [0.1, 0.15) is 36.7 Å². The zero-order valence-electron chi connectivity index (χ0n) is 13.5. The Bertz CT molecular complexity index is 510. The number of carbonyl (C=O) groups is 1. The molecule has 1 N–H and O–H groups in total. The summed E-state index contributed by atoms with van der Waals surface area (Å²) >= 11 is 0.